The fourth-order valence-electron chi connectivity index (χ4n) is 4.25. The lowest BCUT2D eigenvalue weighted by Crippen LogP contribution is -2.30. The number of carbonyl (C=O) groups excluding carboxylic acids is 3. The van der Waals surface area contributed by atoms with Crippen LogP contribution in [-0.4, -0.2) is 32.7 Å². The van der Waals surface area contributed by atoms with Crippen molar-refractivity contribution in [2.75, 3.05) is 4.90 Å². The molecule has 2 heterocycles. The second-order valence-electron chi connectivity index (χ2n) is 8.75. The van der Waals surface area contributed by atoms with Crippen LogP contribution < -0.4 is 4.90 Å². The van der Waals surface area contributed by atoms with E-state index in [-0.39, 0.29) is 40.5 Å². The van der Waals surface area contributed by atoms with Gasteiger partial charge in [-0.1, -0.05) is 71.1 Å². The first-order valence-corrected chi connectivity index (χ1v) is 12.2. The number of nitrogens with zero attached hydrogens (tertiary/aromatic N) is 3. The van der Waals surface area contributed by atoms with Crippen molar-refractivity contribution < 1.29 is 19.3 Å². The van der Waals surface area contributed by atoms with Crippen LogP contribution in [0.3, 0.4) is 0 Å². The molecule has 1 aromatic carbocycles. The molecular weight excluding hydrogens is 436 g/mol. The van der Waals surface area contributed by atoms with E-state index in [0.29, 0.717) is 6.42 Å². The molecule has 0 saturated heterocycles. The number of aromatic amines is 1. The van der Waals surface area contributed by atoms with Gasteiger partial charge in [-0.15, -0.1) is 0 Å². The van der Waals surface area contributed by atoms with Gasteiger partial charge in [0, 0.05) is 18.6 Å². The van der Waals surface area contributed by atoms with Crippen molar-refractivity contribution in [2.45, 2.75) is 84.0 Å². The summed E-state index contributed by atoms with van der Waals surface area (Å²) in [5, 5.41) is 17.3. The number of nitrogens with one attached hydrogen (secondary N) is 1. The third-order valence-corrected chi connectivity index (χ3v) is 6.19. The maximum Gasteiger partial charge on any atom is 0.284 e. The number of ketones is 1. The lowest BCUT2D eigenvalue weighted by molar-refractivity contribution is -0.384. The summed E-state index contributed by atoms with van der Waals surface area (Å²) in [7, 11) is 0. The average molecular weight is 469 g/mol. The Morgan fingerprint density at radius 1 is 0.912 bits per heavy atom. The fourth-order valence-corrected chi connectivity index (χ4v) is 4.25. The number of imide groups is 1. The summed E-state index contributed by atoms with van der Waals surface area (Å²) in [4.78, 5) is 49.5. The van der Waals surface area contributed by atoms with Crippen LogP contribution in [0.15, 0.2) is 24.3 Å². The van der Waals surface area contributed by atoms with Gasteiger partial charge in [-0.2, -0.15) is 5.10 Å². The molecule has 0 spiro atoms. The van der Waals surface area contributed by atoms with E-state index < -0.39 is 16.7 Å². The number of non-ortho nitro benzene ring substituents is 1. The molecule has 0 atom stereocenters. The van der Waals surface area contributed by atoms with E-state index in [1.807, 2.05) is 0 Å². The first-order chi connectivity index (χ1) is 16.5. The number of anilines is 1. The SMILES string of the molecule is CCCCCCCCCCCCCC(=O)c1n[nH]c2c1C(=O)N(c1ccc([N+](=O)[O-])cc1)C2=O. The van der Waals surface area contributed by atoms with Crippen molar-refractivity contribution >= 4 is 29.0 Å². The van der Waals surface area contributed by atoms with Crippen molar-refractivity contribution in [3.05, 3.63) is 51.3 Å². The van der Waals surface area contributed by atoms with Crippen molar-refractivity contribution in [2.24, 2.45) is 0 Å². The molecule has 9 nitrogen and oxygen atoms in total. The van der Waals surface area contributed by atoms with Crippen LogP contribution in [0.25, 0.3) is 0 Å². The molecule has 1 aliphatic heterocycles. The molecule has 1 N–H and O–H groups in total. The van der Waals surface area contributed by atoms with Crippen molar-refractivity contribution in [1.29, 1.82) is 0 Å². The van der Waals surface area contributed by atoms with Crippen LogP contribution in [0, 0.1) is 10.1 Å². The van der Waals surface area contributed by atoms with Gasteiger partial charge < -0.3 is 0 Å². The van der Waals surface area contributed by atoms with E-state index in [2.05, 4.69) is 17.1 Å². The Bertz CT molecular complexity index is 1030. The Kier molecular flexibility index (Phi) is 9.07. The number of rotatable bonds is 15. The van der Waals surface area contributed by atoms with Crippen molar-refractivity contribution in [3.8, 4) is 0 Å². The number of nitro benzene ring substituents is 1. The van der Waals surface area contributed by atoms with Crippen molar-refractivity contribution in [3.63, 3.8) is 0 Å². The van der Waals surface area contributed by atoms with Gasteiger partial charge >= 0.3 is 0 Å². The van der Waals surface area contributed by atoms with Crippen LogP contribution in [-0.2, 0) is 0 Å². The minimum Gasteiger partial charge on any atom is -0.292 e. The van der Waals surface area contributed by atoms with E-state index in [9.17, 15) is 24.5 Å². The van der Waals surface area contributed by atoms with Crippen LogP contribution >= 0.6 is 0 Å². The summed E-state index contributed by atoms with van der Waals surface area (Å²) in [5.41, 5.74) is 0.00624. The zero-order chi connectivity index (χ0) is 24.5. The summed E-state index contributed by atoms with van der Waals surface area (Å²) in [6.45, 7) is 2.22. The number of carbonyl (C=O) groups is 3. The number of benzene rings is 1. The van der Waals surface area contributed by atoms with Gasteiger partial charge in [0.2, 0.25) is 0 Å². The van der Waals surface area contributed by atoms with Crippen LogP contribution in [0.1, 0.15) is 115 Å². The number of nitro groups is 1. The van der Waals surface area contributed by atoms with Crippen LogP contribution in [0.2, 0.25) is 0 Å². The minimum absolute atomic E-state index is 0.00941. The molecule has 0 fully saturated rings. The lowest BCUT2D eigenvalue weighted by Gasteiger charge is -2.13. The third-order valence-electron chi connectivity index (χ3n) is 6.19. The van der Waals surface area contributed by atoms with E-state index >= 15 is 0 Å². The number of unbranched alkanes of at least 4 members (excludes halogenated alkanes) is 10. The highest BCUT2D eigenvalue weighted by Crippen LogP contribution is 2.30. The van der Waals surface area contributed by atoms with E-state index in [4.69, 9.17) is 0 Å². The molecule has 1 aromatic heterocycles. The number of fused-ring (bicyclic) bond motifs is 1. The molecule has 2 aromatic rings. The van der Waals surface area contributed by atoms with Gasteiger partial charge in [0.05, 0.1) is 10.6 Å². The van der Waals surface area contributed by atoms with E-state index in [1.165, 1.54) is 69.2 Å². The lowest BCUT2D eigenvalue weighted by atomic mass is 10.0. The van der Waals surface area contributed by atoms with E-state index in [1.54, 1.807) is 0 Å². The highest BCUT2D eigenvalue weighted by atomic mass is 16.6. The summed E-state index contributed by atoms with van der Waals surface area (Å²) < 4.78 is 0. The predicted molar refractivity (Wildman–Crippen MR) is 128 cm³/mol. The molecule has 0 unspecified atom stereocenters. The van der Waals surface area contributed by atoms with E-state index in [0.717, 1.165) is 24.2 Å². The summed E-state index contributed by atoms with van der Waals surface area (Å²) >= 11 is 0. The third kappa shape index (κ3) is 5.95. The molecule has 0 bridgehead atoms. The Hall–Kier alpha value is -3.36. The molecule has 0 aliphatic carbocycles. The molecule has 9 heteroatoms. The molecule has 2 amide bonds. The minimum atomic E-state index is -0.648. The maximum atomic E-state index is 12.9. The zero-order valence-corrected chi connectivity index (χ0v) is 19.7. The number of aromatic nitrogens is 2. The topological polar surface area (TPSA) is 126 Å². The number of Topliss-reactive ketones (excluding diaryl/α,β-unsaturated/α-hetero) is 1. The predicted octanol–water partition coefficient (Wildman–Crippen LogP) is 6.00. The molecule has 34 heavy (non-hydrogen) atoms. The van der Waals surface area contributed by atoms with Gasteiger partial charge in [-0.3, -0.25) is 29.6 Å². The molecule has 182 valence electrons. The number of amides is 2. The second kappa shape index (κ2) is 12.2. The first-order valence-electron chi connectivity index (χ1n) is 12.2. The van der Waals surface area contributed by atoms with Gasteiger partial charge in [-0.05, 0) is 18.6 Å². The van der Waals surface area contributed by atoms with Crippen molar-refractivity contribution in [1.82, 2.24) is 10.2 Å². The number of H-pyrrole nitrogens is 1. The Labute approximate surface area is 199 Å². The highest BCUT2D eigenvalue weighted by molar-refractivity contribution is 6.35. The van der Waals surface area contributed by atoms with Gasteiger partial charge in [0.25, 0.3) is 17.5 Å². The normalized spacial score (nSPS) is 12.9. The Morgan fingerprint density at radius 2 is 1.47 bits per heavy atom. The molecular formula is C25H32N4O5. The maximum absolute atomic E-state index is 12.9. The van der Waals surface area contributed by atoms with Crippen LogP contribution in [0.4, 0.5) is 11.4 Å². The average Bonchev–Trinajstić information content (AvgIpc) is 3.37. The monoisotopic (exact) mass is 468 g/mol. The van der Waals surface area contributed by atoms with Gasteiger partial charge in [0.15, 0.2) is 5.78 Å². The first kappa shape index (κ1) is 25.3. The zero-order valence-electron chi connectivity index (χ0n) is 19.7. The standard InChI is InChI=1S/C25H32N4O5/c1-2-3-4-5-6-7-8-9-10-11-12-13-20(30)22-21-23(27-26-22)25(32)28(24(21)31)18-14-16-19(17-15-18)29(33)34/h14-17H,2-13H2,1H3,(H,26,27). The fraction of sp³-hybridized carbons (Fsp3) is 0.520. The highest BCUT2D eigenvalue weighted by Gasteiger charge is 2.42. The van der Waals surface area contributed by atoms with Gasteiger partial charge in [0.1, 0.15) is 17.0 Å². The molecule has 0 saturated carbocycles. The number of hydrogen-bond donors (Lipinski definition) is 1. The Balaban J connectivity index is 1.47. The largest absolute Gasteiger partial charge is 0.292 e. The second-order valence-corrected chi connectivity index (χ2v) is 8.75. The molecule has 0 radical (unpaired) electrons. The summed E-state index contributed by atoms with van der Waals surface area (Å²) in [6, 6.07) is 5.11. The number of hydrogen-bond acceptors (Lipinski definition) is 6. The van der Waals surface area contributed by atoms with Gasteiger partial charge in [-0.25, -0.2) is 4.90 Å². The molecule has 1 aliphatic rings. The summed E-state index contributed by atoms with van der Waals surface area (Å²) in [6.07, 6.45) is 13.2. The molecule has 3 rings (SSSR count). The Morgan fingerprint density at radius 3 is 2.03 bits per heavy atom. The smallest absolute Gasteiger partial charge is 0.284 e. The quantitative estimate of drug-likeness (QED) is 0.112. The van der Waals surface area contributed by atoms with Crippen LogP contribution in [0.5, 0.6) is 0 Å². The summed E-state index contributed by atoms with van der Waals surface area (Å²) in [5.74, 6) is -1.54.